The molecule has 2 aromatic rings. The Balaban J connectivity index is 0.00000312. The Morgan fingerprint density at radius 1 is 1.16 bits per heavy atom. The van der Waals surface area contributed by atoms with Crippen molar-refractivity contribution in [1.29, 1.82) is 0 Å². The van der Waals surface area contributed by atoms with Gasteiger partial charge >= 0.3 is 6.61 Å². The molecule has 0 aliphatic carbocycles. The van der Waals surface area contributed by atoms with Gasteiger partial charge in [-0.1, -0.05) is 24.3 Å². The lowest BCUT2D eigenvalue weighted by Gasteiger charge is -2.14. The summed E-state index contributed by atoms with van der Waals surface area (Å²) in [7, 11) is 1.64. The van der Waals surface area contributed by atoms with Crippen LogP contribution in [-0.4, -0.2) is 24.6 Å². The molecule has 0 amide bonds. The van der Waals surface area contributed by atoms with Crippen LogP contribution in [0.4, 0.5) is 8.78 Å². The summed E-state index contributed by atoms with van der Waals surface area (Å²) in [5.74, 6) is 0.697. The summed E-state index contributed by atoms with van der Waals surface area (Å²) in [4.78, 5) is 8.42. The summed E-state index contributed by atoms with van der Waals surface area (Å²) in [6.07, 6.45) is 1.73. The maximum atomic E-state index is 12.4. The van der Waals surface area contributed by atoms with Gasteiger partial charge in [0.25, 0.3) is 0 Å². The van der Waals surface area contributed by atoms with Crippen LogP contribution in [-0.2, 0) is 13.1 Å². The molecular weight excluding hydrogens is 441 g/mol. The molecule has 0 unspecified atom stereocenters. The van der Waals surface area contributed by atoms with Gasteiger partial charge in [-0.25, -0.2) is 0 Å². The van der Waals surface area contributed by atoms with Gasteiger partial charge in [-0.05, 0) is 24.6 Å². The molecular formula is C17H21F2IN4O. The van der Waals surface area contributed by atoms with E-state index in [4.69, 9.17) is 0 Å². The zero-order valence-electron chi connectivity index (χ0n) is 14.0. The molecule has 0 fully saturated rings. The van der Waals surface area contributed by atoms with Gasteiger partial charge in [0.05, 0.1) is 12.2 Å². The molecule has 25 heavy (non-hydrogen) atoms. The molecule has 0 aliphatic rings. The summed E-state index contributed by atoms with van der Waals surface area (Å²) in [6.45, 7) is -0.0422. The molecule has 0 spiro atoms. The van der Waals surface area contributed by atoms with Crippen LogP contribution in [0.3, 0.4) is 0 Å². The molecule has 0 aliphatic heterocycles. The number of nitrogens with zero attached hydrogens (tertiary/aromatic N) is 2. The van der Waals surface area contributed by atoms with Crippen LogP contribution in [0.1, 0.15) is 16.8 Å². The molecule has 0 saturated heterocycles. The third kappa shape index (κ3) is 6.81. The van der Waals surface area contributed by atoms with Crippen LogP contribution in [0.15, 0.2) is 47.6 Å². The lowest BCUT2D eigenvalue weighted by molar-refractivity contribution is -0.0504. The van der Waals surface area contributed by atoms with Gasteiger partial charge in [0.1, 0.15) is 5.75 Å². The van der Waals surface area contributed by atoms with E-state index in [0.717, 1.165) is 11.3 Å². The predicted molar refractivity (Wildman–Crippen MR) is 105 cm³/mol. The van der Waals surface area contributed by atoms with Crippen molar-refractivity contribution in [2.24, 2.45) is 4.99 Å². The Morgan fingerprint density at radius 3 is 2.56 bits per heavy atom. The van der Waals surface area contributed by atoms with E-state index < -0.39 is 6.61 Å². The minimum Gasteiger partial charge on any atom is -0.434 e. The SMILES string of the molecule is CN=C(NCc1ccccc1OC(F)F)NCc1ncccc1C.I. The van der Waals surface area contributed by atoms with Crippen molar-refractivity contribution >= 4 is 29.9 Å². The first-order chi connectivity index (χ1) is 11.6. The lowest BCUT2D eigenvalue weighted by atomic mass is 10.2. The zero-order chi connectivity index (χ0) is 17.4. The summed E-state index contributed by atoms with van der Waals surface area (Å²) >= 11 is 0. The lowest BCUT2D eigenvalue weighted by Crippen LogP contribution is -2.36. The first-order valence-electron chi connectivity index (χ1n) is 7.48. The highest BCUT2D eigenvalue weighted by Gasteiger charge is 2.09. The van der Waals surface area contributed by atoms with Gasteiger partial charge in [-0.2, -0.15) is 8.78 Å². The van der Waals surface area contributed by atoms with Crippen LogP contribution >= 0.6 is 24.0 Å². The largest absolute Gasteiger partial charge is 0.434 e. The van der Waals surface area contributed by atoms with Crippen molar-refractivity contribution in [3.05, 3.63) is 59.4 Å². The average molecular weight is 462 g/mol. The van der Waals surface area contributed by atoms with Gasteiger partial charge in [-0.15, -0.1) is 24.0 Å². The number of guanidine groups is 1. The number of aromatic nitrogens is 1. The number of alkyl halides is 2. The highest BCUT2D eigenvalue weighted by atomic mass is 127. The van der Waals surface area contributed by atoms with E-state index in [1.165, 1.54) is 6.07 Å². The maximum Gasteiger partial charge on any atom is 0.387 e. The number of aryl methyl sites for hydroxylation is 1. The molecule has 2 rings (SSSR count). The van der Waals surface area contributed by atoms with E-state index in [9.17, 15) is 8.78 Å². The zero-order valence-corrected chi connectivity index (χ0v) is 16.3. The second-order valence-corrected chi connectivity index (χ2v) is 5.03. The van der Waals surface area contributed by atoms with Crippen molar-refractivity contribution in [3.8, 4) is 5.75 Å². The van der Waals surface area contributed by atoms with Gasteiger partial charge in [-0.3, -0.25) is 9.98 Å². The molecule has 5 nitrogen and oxygen atoms in total. The van der Waals surface area contributed by atoms with Crippen LogP contribution in [0.2, 0.25) is 0 Å². The van der Waals surface area contributed by atoms with Crippen LogP contribution in [0.25, 0.3) is 0 Å². The number of nitrogens with one attached hydrogen (secondary N) is 2. The van der Waals surface area contributed by atoms with Crippen molar-refractivity contribution < 1.29 is 13.5 Å². The van der Waals surface area contributed by atoms with Crippen molar-refractivity contribution in [2.45, 2.75) is 26.6 Å². The standard InChI is InChI=1S/C17H20F2N4O.HI/c1-12-6-5-9-21-14(12)11-23-17(20-2)22-10-13-7-3-4-8-15(13)24-16(18)19;/h3-9,16H,10-11H2,1-2H3,(H2,20,22,23);1H. The van der Waals surface area contributed by atoms with Crippen molar-refractivity contribution in [3.63, 3.8) is 0 Å². The number of para-hydroxylation sites is 1. The number of ether oxygens (including phenoxy) is 1. The molecule has 2 N–H and O–H groups in total. The van der Waals surface area contributed by atoms with E-state index in [1.807, 2.05) is 19.1 Å². The summed E-state index contributed by atoms with van der Waals surface area (Å²) < 4.78 is 29.4. The maximum absolute atomic E-state index is 12.4. The smallest absolute Gasteiger partial charge is 0.387 e. The molecule has 0 saturated carbocycles. The number of rotatable bonds is 6. The second-order valence-electron chi connectivity index (χ2n) is 5.03. The van der Waals surface area contributed by atoms with E-state index in [1.54, 1.807) is 31.4 Å². The quantitative estimate of drug-likeness (QED) is 0.392. The fourth-order valence-corrected chi connectivity index (χ4v) is 2.13. The molecule has 0 atom stereocenters. The average Bonchev–Trinajstić information content (AvgIpc) is 2.57. The number of benzene rings is 1. The fourth-order valence-electron chi connectivity index (χ4n) is 2.13. The minimum absolute atomic E-state index is 0. The number of halogens is 3. The van der Waals surface area contributed by atoms with Crippen LogP contribution in [0, 0.1) is 6.92 Å². The Morgan fingerprint density at radius 2 is 1.88 bits per heavy atom. The monoisotopic (exact) mass is 462 g/mol. The fraction of sp³-hybridized carbons (Fsp3) is 0.294. The van der Waals surface area contributed by atoms with Gasteiger partial charge in [0.2, 0.25) is 0 Å². The molecule has 1 aromatic carbocycles. The van der Waals surface area contributed by atoms with E-state index in [0.29, 0.717) is 24.6 Å². The topological polar surface area (TPSA) is 58.5 Å². The molecule has 1 heterocycles. The Hall–Kier alpha value is -1.97. The van der Waals surface area contributed by atoms with Gasteiger partial charge in [0, 0.05) is 25.4 Å². The van der Waals surface area contributed by atoms with E-state index in [-0.39, 0.29) is 29.7 Å². The van der Waals surface area contributed by atoms with Gasteiger partial charge in [0.15, 0.2) is 5.96 Å². The number of hydrogen-bond donors (Lipinski definition) is 2. The summed E-state index contributed by atoms with van der Waals surface area (Å²) in [5, 5.41) is 6.22. The third-order valence-electron chi connectivity index (χ3n) is 3.40. The Bertz CT molecular complexity index is 698. The first kappa shape index (κ1) is 21.1. The molecule has 8 heteroatoms. The highest BCUT2D eigenvalue weighted by molar-refractivity contribution is 14.0. The van der Waals surface area contributed by atoms with Crippen LogP contribution in [0.5, 0.6) is 5.75 Å². The predicted octanol–water partition coefficient (Wildman–Crippen LogP) is 3.47. The van der Waals surface area contributed by atoms with Crippen molar-refractivity contribution in [2.75, 3.05) is 7.05 Å². The normalized spacial score (nSPS) is 11.0. The summed E-state index contributed by atoms with van der Waals surface area (Å²) in [6, 6.07) is 10.5. The Labute approximate surface area is 162 Å². The molecule has 0 radical (unpaired) electrons. The molecule has 136 valence electrons. The number of hydrogen-bond acceptors (Lipinski definition) is 3. The summed E-state index contributed by atoms with van der Waals surface area (Å²) in [5.41, 5.74) is 2.62. The minimum atomic E-state index is -2.85. The van der Waals surface area contributed by atoms with E-state index >= 15 is 0 Å². The Kier molecular flexibility index (Phi) is 9.11. The molecule has 0 bridgehead atoms. The van der Waals surface area contributed by atoms with E-state index in [2.05, 4.69) is 25.3 Å². The van der Waals surface area contributed by atoms with Gasteiger partial charge < -0.3 is 15.4 Å². The second kappa shape index (κ2) is 10.8. The van der Waals surface area contributed by atoms with Crippen LogP contribution < -0.4 is 15.4 Å². The number of pyridine rings is 1. The van der Waals surface area contributed by atoms with Crippen molar-refractivity contribution in [1.82, 2.24) is 15.6 Å². The first-order valence-corrected chi connectivity index (χ1v) is 7.48. The number of aliphatic imine (C=N–C) groups is 1. The highest BCUT2D eigenvalue weighted by Crippen LogP contribution is 2.19. The molecule has 1 aromatic heterocycles. The third-order valence-corrected chi connectivity index (χ3v) is 3.40.